The molecule has 0 atom stereocenters. The van der Waals surface area contributed by atoms with Gasteiger partial charge in [0.1, 0.15) is 0 Å². The molecule has 5 heteroatoms. The van der Waals surface area contributed by atoms with E-state index >= 15 is 0 Å². The summed E-state index contributed by atoms with van der Waals surface area (Å²) in [6.07, 6.45) is 3.17. The molecule has 0 amide bonds. The molecule has 3 rings (SSSR count). The summed E-state index contributed by atoms with van der Waals surface area (Å²) in [7, 11) is 1.33. The molecule has 0 aliphatic carbocycles. The van der Waals surface area contributed by atoms with Gasteiger partial charge in [0.05, 0.1) is 12.7 Å². The molecule has 0 saturated carbocycles. The van der Waals surface area contributed by atoms with Crippen molar-refractivity contribution in [3.05, 3.63) is 65.2 Å². The van der Waals surface area contributed by atoms with Crippen molar-refractivity contribution in [3.8, 4) is 11.5 Å². The SMILES string of the molecule is COC(=O)c1ccc(/C=C/C(=O)c2ccc3c(c2)OCO3)cc1. The summed E-state index contributed by atoms with van der Waals surface area (Å²) in [5, 5.41) is 0. The number of hydrogen-bond donors (Lipinski definition) is 0. The number of allylic oxidation sites excluding steroid dienone is 1. The van der Waals surface area contributed by atoms with Crippen molar-refractivity contribution in [2.45, 2.75) is 0 Å². The normalized spacial score (nSPS) is 12.4. The Morgan fingerprint density at radius 2 is 1.70 bits per heavy atom. The van der Waals surface area contributed by atoms with E-state index in [2.05, 4.69) is 4.74 Å². The van der Waals surface area contributed by atoms with E-state index in [-0.39, 0.29) is 12.6 Å². The molecule has 0 fully saturated rings. The van der Waals surface area contributed by atoms with Gasteiger partial charge in [-0.15, -0.1) is 0 Å². The zero-order valence-corrected chi connectivity index (χ0v) is 12.4. The second kappa shape index (κ2) is 6.36. The molecular formula is C18H14O5. The average Bonchev–Trinajstić information content (AvgIpc) is 3.07. The molecule has 0 aromatic heterocycles. The lowest BCUT2D eigenvalue weighted by molar-refractivity contribution is 0.0600. The number of hydrogen-bond acceptors (Lipinski definition) is 5. The fourth-order valence-corrected chi connectivity index (χ4v) is 2.17. The van der Waals surface area contributed by atoms with Crippen molar-refractivity contribution in [1.29, 1.82) is 0 Å². The van der Waals surface area contributed by atoms with Gasteiger partial charge in [-0.05, 0) is 42.0 Å². The van der Waals surface area contributed by atoms with E-state index in [1.54, 1.807) is 48.5 Å². The Labute approximate surface area is 133 Å². The third-order valence-corrected chi connectivity index (χ3v) is 3.42. The first-order valence-corrected chi connectivity index (χ1v) is 6.98. The maximum absolute atomic E-state index is 12.2. The highest BCUT2D eigenvalue weighted by atomic mass is 16.7. The van der Waals surface area contributed by atoms with E-state index in [1.165, 1.54) is 13.2 Å². The molecule has 2 aromatic carbocycles. The molecule has 5 nitrogen and oxygen atoms in total. The molecule has 0 bridgehead atoms. The number of carbonyl (C=O) groups is 2. The van der Waals surface area contributed by atoms with Crippen molar-refractivity contribution >= 4 is 17.8 Å². The number of benzene rings is 2. The van der Waals surface area contributed by atoms with Gasteiger partial charge in [-0.1, -0.05) is 18.2 Å². The van der Waals surface area contributed by atoms with Crippen molar-refractivity contribution in [1.82, 2.24) is 0 Å². The monoisotopic (exact) mass is 310 g/mol. The van der Waals surface area contributed by atoms with Crippen LogP contribution in [0.2, 0.25) is 0 Å². The Morgan fingerprint density at radius 1 is 1.00 bits per heavy atom. The van der Waals surface area contributed by atoms with Crippen LogP contribution in [0.1, 0.15) is 26.3 Å². The predicted molar refractivity (Wildman–Crippen MR) is 83.7 cm³/mol. The van der Waals surface area contributed by atoms with Gasteiger partial charge in [-0.2, -0.15) is 0 Å². The largest absolute Gasteiger partial charge is 0.465 e. The molecule has 0 spiro atoms. The topological polar surface area (TPSA) is 61.8 Å². The minimum absolute atomic E-state index is 0.139. The zero-order chi connectivity index (χ0) is 16.2. The van der Waals surface area contributed by atoms with Gasteiger partial charge in [0, 0.05) is 5.56 Å². The molecule has 0 N–H and O–H groups in total. The number of ketones is 1. The quantitative estimate of drug-likeness (QED) is 0.493. The lowest BCUT2D eigenvalue weighted by Gasteiger charge is -2.00. The minimum Gasteiger partial charge on any atom is -0.465 e. The first-order valence-electron chi connectivity index (χ1n) is 6.98. The molecule has 1 aliphatic heterocycles. The summed E-state index contributed by atoms with van der Waals surface area (Å²) >= 11 is 0. The Bertz CT molecular complexity index is 774. The van der Waals surface area contributed by atoms with E-state index < -0.39 is 5.97 Å². The molecule has 116 valence electrons. The number of carbonyl (C=O) groups excluding carboxylic acids is 2. The number of methoxy groups -OCH3 is 1. The maximum Gasteiger partial charge on any atom is 0.337 e. The van der Waals surface area contributed by atoms with Crippen LogP contribution in [0.25, 0.3) is 6.08 Å². The minimum atomic E-state index is -0.392. The van der Waals surface area contributed by atoms with E-state index in [4.69, 9.17) is 9.47 Å². The van der Waals surface area contributed by atoms with Gasteiger partial charge in [0.25, 0.3) is 0 Å². The molecule has 0 unspecified atom stereocenters. The highest BCUT2D eigenvalue weighted by Gasteiger charge is 2.15. The van der Waals surface area contributed by atoms with Gasteiger partial charge < -0.3 is 14.2 Å². The summed E-state index contributed by atoms with van der Waals surface area (Å²) in [6, 6.07) is 11.9. The maximum atomic E-state index is 12.2. The van der Waals surface area contributed by atoms with E-state index in [0.717, 1.165) is 5.56 Å². The Kier molecular flexibility index (Phi) is 4.10. The van der Waals surface area contributed by atoms with Crippen LogP contribution in [0.3, 0.4) is 0 Å². The highest BCUT2D eigenvalue weighted by Crippen LogP contribution is 2.32. The van der Waals surface area contributed by atoms with E-state index in [1.807, 2.05) is 0 Å². The van der Waals surface area contributed by atoms with Gasteiger partial charge in [-0.3, -0.25) is 4.79 Å². The first-order chi connectivity index (χ1) is 11.2. The average molecular weight is 310 g/mol. The number of esters is 1. The lowest BCUT2D eigenvalue weighted by Crippen LogP contribution is -2.00. The van der Waals surface area contributed by atoms with Crippen LogP contribution in [-0.4, -0.2) is 25.7 Å². The van der Waals surface area contributed by atoms with Crippen molar-refractivity contribution < 1.29 is 23.8 Å². The Hall–Kier alpha value is -3.08. The van der Waals surface area contributed by atoms with Gasteiger partial charge in [0.2, 0.25) is 6.79 Å². The predicted octanol–water partition coefficient (Wildman–Crippen LogP) is 3.10. The number of rotatable bonds is 4. The van der Waals surface area contributed by atoms with Crippen LogP contribution >= 0.6 is 0 Å². The summed E-state index contributed by atoms with van der Waals surface area (Å²) in [6.45, 7) is 0.176. The standard InChI is InChI=1S/C18H14O5/c1-21-18(20)13-5-2-12(3-6-13)4-8-15(19)14-7-9-16-17(10-14)23-11-22-16/h2-10H,11H2,1H3/b8-4+. The second-order valence-electron chi connectivity index (χ2n) is 4.88. The molecule has 23 heavy (non-hydrogen) atoms. The molecule has 2 aromatic rings. The number of ether oxygens (including phenoxy) is 3. The summed E-state index contributed by atoms with van der Waals surface area (Å²) < 4.78 is 15.1. The lowest BCUT2D eigenvalue weighted by atomic mass is 10.1. The highest BCUT2D eigenvalue weighted by molar-refractivity contribution is 6.07. The smallest absolute Gasteiger partial charge is 0.337 e. The van der Waals surface area contributed by atoms with Crippen LogP contribution in [0.4, 0.5) is 0 Å². The number of fused-ring (bicyclic) bond motifs is 1. The van der Waals surface area contributed by atoms with Crippen molar-refractivity contribution in [2.75, 3.05) is 13.9 Å². The molecule has 0 saturated heterocycles. The Balaban J connectivity index is 1.72. The second-order valence-corrected chi connectivity index (χ2v) is 4.88. The van der Waals surface area contributed by atoms with Crippen LogP contribution in [0, 0.1) is 0 Å². The molecule has 1 heterocycles. The van der Waals surface area contributed by atoms with Crippen LogP contribution in [0.5, 0.6) is 11.5 Å². The van der Waals surface area contributed by atoms with Gasteiger partial charge >= 0.3 is 5.97 Å². The third kappa shape index (κ3) is 3.23. The van der Waals surface area contributed by atoms with E-state index in [0.29, 0.717) is 22.6 Å². The summed E-state index contributed by atoms with van der Waals surface area (Å²) in [5.74, 6) is 0.688. The fourth-order valence-electron chi connectivity index (χ4n) is 2.17. The third-order valence-electron chi connectivity index (χ3n) is 3.42. The van der Waals surface area contributed by atoms with Crippen LogP contribution < -0.4 is 9.47 Å². The summed E-state index contributed by atoms with van der Waals surface area (Å²) in [4.78, 5) is 23.5. The molecule has 0 radical (unpaired) electrons. The van der Waals surface area contributed by atoms with Crippen LogP contribution in [-0.2, 0) is 4.74 Å². The van der Waals surface area contributed by atoms with Gasteiger partial charge in [0.15, 0.2) is 17.3 Å². The van der Waals surface area contributed by atoms with Gasteiger partial charge in [-0.25, -0.2) is 4.79 Å². The summed E-state index contributed by atoms with van der Waals surface area (Å²) in [5.41, 5.74) is 1.80. The Morgan fingerprint density at radius 3 is 2.43 bits per heavy atom. The van der Waals surface area contributed by atoms with E-state index in [9.17, 15) is 9.59 Å². The van der Waals surface area contributed by atoms with Crippen LogP contribution in [0.15, 0.2) is 48.5 Å². The molecule has 1 aliphatic rings. The van der Waals surface area contributed by atoms with Crippen molar-refractivity contribution in [3.63, 3.8) is 0 Å². The first kappa shape index (κ1) is 14.8. The zero-order valence-electron chi connectivity index (χ0n) is 12.4. The van der Waals surface area contributed by atoms with Crippen molar-refractivity contribution in [2.24, 2.45) is 0 Å². The fraction of sp³-hybridized carbons (Fsp3) is 0.111. The molecular weight excluding hydrogens is 296 g/mol.